The van der Waals surface area contributed by atoms with Gasteiger partial charge in [-0.2, -0.15) is 26.3 Å². The van der Waals surface area contributed by atoms with Gasteiger partial charge >= 0.3 is 12.4 Å². The molecule has 1 heterocycles. The van der Waals surface area contributed by atoms with E-state index in [9.17, 15) is 34.8 Å². The molecule has 0 N–H and O–H groups in total. The van der Waals surface area contributed by atoms with E-state index in [1.54, 1.807) is 18.2 Å². The predicted octanol–water partition coefficient (Wildman–Crippen LogP) is 6.68. The number of benzene rings is 2. The van der Waals surface area contributed by atoms with Crippen LogP contribution in [0, 0.1) is 5.92 Å². The van der Waals surface area contributed by atoms with E-state index in [1.807, 2.05) is 0 Å². The number of sulfonamides is 1. The molecule has 1 aliphatic heterocycles. The van der Waals surface area contributed by atoms with Crippen LogP contribution < -0.4 is 4.31 Å². The van der Waals surface area contributed by atoms with Gasteiger partial charge in [-0.25, -0.2) is 8.42 Å². The lowest BCUT2D eigenvalue weighted by Gasteiger charge is -2.47. The maximum atomic E-state index is 14.2. The average Bonchev–Trinajstić information content (AvgIpc) is 2.97. The smallest absolute Gasteiger partial charge is 0.266 e. The molecule has 0 aromatic heterocycles. The second-order valence-electron chi connectivity index (χ2n) is 8.72. The Bertz CT molecular complexity index is 1110. The second kappa shape index (κ2) is 8.21. The third-order valence-corrected chi connectivity index (χ3v) is 8.75. The Hall–Kier alpha value is -2.23. The van der Waals surface area contributed by atoms with E-state index in [-0.39, 0.29) is 30.0 Å². The third-order valence-electron chi connectivity index (χ3n) is 6.92. The largest absolute Gasteiger partial charge is 0.416 e. The lowest BCUT2D eigenvalue weighted by molar-refractivity contribution is -0.197. The zero-order valence-electron chi connectivity index (χ0n) is 17.6. The highest BCUT2D eigenvalue weighted by Gasteiger charge is 2.56. The molecule has 180 valence electrons. The highest BCUT2D eigenvalue weighted by Crippen LogP contribution is 2.56. The fourth-order valence-electron chi connectivity index (χ4n) is 5.38. The molecule has 10 heteroatoms. The van der Waals surface area contributed by atoms with Crippen LogP contribution in [-0.4, -0.2) is 21.1 Å². The van der Waals surface area contributed by atoms with Crippen molar-refractivity contribution in [3.05, 3.63) is 59.7 Å². The van der Waals surface area contributed by atoms with Crippen LogP contribution in [0.1, 0.15) is 49.7 Å². The van der Waals surface area contributed by atoms with Crippen molar-refractivity contribution in [1.82, 2.24) is 0 Å². The first kappa shape index (κ1) is 23.9. The van der Waals surface area contributed by atoms with Crippen LogP contribution in [0.25, 0.3) is 0 Å². The Balaban J connectivity index is 1.79. The summed E-state index contributed by atoms with van der Waals surface area (Å²) >= 11 is 0. The van der Waals surface area contributed by atoms with E-state index in [0.717, 1.165) is 16.4 Å². The van der Waals surface area contributed by atoms with Crippen LogP contribution in [-0.2, 0) is 21.6 Å². The molecule has 3 nitrogen and oxygen atoms in total. The number of hydrogen-bond acceptors (Lipinski definition) is 2. The predicted molar refractivity (Wildman–Crippen MR) is 111 cm³/mol. The number of anilines is 1. The number of fused-ring (bicyclic) bond motifs is 2. The van der Waals surface area contributed by atoms with Crippen molar-refractivity contribution in [1.29, 1.82) is 0 Å². The van der Waals surface area contributed by atoms with Crippen molar-refractivity contribution in [3.8, 4) is 0 Å². The maximum absolute atomic E-state index is 14.2. The number of alkyl halides is 6. The fourth-order valence-corrected chi connectivity index (χ4v) is 6.86. The van der Waals surface area contributed by atoms with Gasteiger partial charge in [-0.1, -0.05) is 37.5 Å². The normalized spacial score (nSPS) is 24.4. The quantitative estimate of drug-likeness (QED) is 0.439. The molecule has 1 spiro atoms. The van der Waals surface area contributed by atoms with E-state index < -0.39 is 39.3 Å². The summed E-state index contributed by atoms with van der Waals surface area (Å²) < 4.78 is 109. The zero-order chi connectivity index (χ0) is 24.1. The molecular formula is C23H23F6NO2S. The third kappa shape index (κ3) is 4.22. The van der Waals surface area contributed by atoms with Gasteiger partial charge in [0.25, 0.3) is 10.0 Å². The Labute approximate surface area is 188 Å². The molecule has 1 aliphatic carbocycles. The molecule has 4 rings (SSSR count). The topological polar surface area (TPSA) is 37.4 Å². The van der Waals surface area contributed by atoms with E-state index in [2.05, 4.69) is 0 Å². The first-order valence-corrected chi connectivity index (χ1v) is 12.2. The Morgan fingerprint density at radius 3 is 2.15 bits per heavy atom. The van der Waals surface area contributed by atoms with Crippen LogP contribution in [0.4, 0.5) is 32.0 Å². The first-order chi connectivity index (χ1) is 15.4. The van der Waals surface area contributed by atoms with Gasteiger partial charge in [0.1, 0.15) is 0 Å². The molecule has 0 radical (unpaired) electrons. The number of hydrogen-bond donors (Lipinski definition) is 0. The molecule has 2 aliphatic rings. The fraction of sp³-hybridized carbons (Fsp3) is 0.478. The standard InChI is InChI=1S/C23H23F6NO2S/c24-22(25,26)16-9-11-17(12-10-16)33(31,32)30-15-14-21(18-6-3-4-7-19(18)30)13-5-1-2-8-20(21)23(27,28)29/h3-4,6-7,9-12,20H,1-2,5,8,13-15H2. The van der Waals surface area contributed by atoms with E-state index in [4.69, 9.17) is 0 Å². The molecular weight excluding hydrogens is 468 g/mol. The molecule has 0 saturated heterocycles. The molecule has 2 aromatic rings. The van der Waals surface area contributed by atoms with Crippen LogP contribution in [0.5, 0.6) is 0 Å². The maximum Gasteiger partial charge on any atom is 0.416 e. The van der Waals surface area contributed by atoms with E-state index in [0.29, 0.717) is 43.4 Å². The highest BCUT2D eigenvalue weighted by atomic mass is 32.2. The summed E-state index contributed by atoms with van der Waals surface area (Å²) in [5, 5.41) is 0. The number of rotatable bonds is 2. The minimum Gasteiger partial charge on any atom is -0.266 e. The lowest BCUT2D eigenvalue weighted by atomic mass is 9.63. The summed E-state index contributed by atoms with van der Waals surface area (Å²) in [7, 11) is -4.27. The summed E-state index contributed by atoms with van der Waals surface area (Å²) in [5.41, 5.74) is -1.70. The minimum atomic E-state index is -4.61. The second-order valence-corrected chi connectivity index (χ2v) is 10.6. The molecule has 0 bridgehead atoms. The van der Waals surface area contributed by atoms with Crippen molar-refractivity contribution in [2.45, 2.75) is 61.2 Å². The van der Waals surface area contributed by atoms with Gasteiger partial charge in [-0.05, 0) is 55.2 Å². The van der Waals surface area contributed by atoms with Crippen LogP contribution in [0.2, 0.25) is 0 Å². The number of para-hydroxylation sites is 1. The van der Waals surface area contributed by atoms with Gasteiger partial charge in [0.15, 0.2) is 0 Å². The summed E-state index contributed by atoms with van der Waals surface area (Å²) in [4.78, 5) is -0.338. The van der Waals surface area contributed by atoms with Crippen LogP contribution in [0.15, 0.2) is 53.4 Å². The summed E-state index contributed by atoms with van der Waals surface area (Å²) in [6, 6.07) is 9.36. The van der Waals surface area contributed by atoms with Crippen LogP contribution in [0.3, 0.4) is 0 Å². The van der Waals surface area contributed by atoms with Crippen LogP contribution >= 0.6 is 0 Å². The summed E-state index contributed by atoms with van der Waals surface area (Å²) in [6.45, 7) is -0.174. The number of nitrogens with zero attached hydrogens (tertiary/aromatic N) is 1. The molecule has 2 unspecified atom stereocenters. The molecule has 2 aromatic carbocycles. The molecule has 1 fully saturated rings. The highest BCUT2D eigenvalue weighted by molar-refractivity contribution is 7.92. The molecule has 2 atom stereocenters. The molecule has 1 saturated carbocycles. The molecule has 33 heavy (non-hydrogen) atoms. The van der Waals surface area contributed by atoms with Gasteiger partial charge in [0.05, 0.1) is 22.1 Å². The van der Waals surface area contributed by atoms with Gasteiger partial charge in [-0.15, -0.1) is 0 Å². The van der Waals surface area contributed by atoms with Crippen molar-refractivity contribution >= 4 is 15.7 Å². The number of halogens is 6. The average molecular weight is 491 g/mol. The minimum absolute atomic E-state index is 0.00590. The van der Waals surface area contributed by atoms with Crippen molar-refractivity contribution in [3.63, 3.8) is 0 Å². The van der Waals surface area contributed by atoms with Gasteiger partial charge in [0.2, 0.25) is 0 Å². The monoisotopic (exact) mass is 491 g/mol. The van der Waals surface area contributed by atoms with Gasteiger partial charge < -0.3 is 0 Å². The Morgan fingerprint density at radius 1 is 0.848 bits per heavy atom. The lowest BCUT2D eigenvalue weighted by Crippen LogP contribution is -2.50. The Kier molecular flexibility index (Phi) is 5.95. The van der Waals surface area contributed by atoms with Crippen molar-refractivity contribution < 1.29 is 34.8 Å². The first-order valence-electron chi connectivity index (χ1n) is 10.7. The van der Waals surface area contributed by atoms with Crippen molar-refractivity contribution in [2.24, 2.45) is 5.92 Å². The SMILES string of the molecule is O=S(=O)(c1ccc(C(F)(F)F)cc1)N1CCC2(CCCCCC2C(F)(F)F)c2ccccc21. The van der Waals surface area contributed by atoms with E-state index in [1.165, 1.54) is 6.07 Å². The molecule has 0 amide bonds. The van der Waals surface area contributed by atoms with E-state index >= 15 is 0 Å². The Morgan fingerprint density at radius 2 is 1.52 bits per heavy atom. The van der Waals surface area contributed by atoms with Gasteiger partial charge in [-0.3, -0.25) is 4.31 Å². The summed E-state index contributed by atoms with van der Waals surface area (Å²) in [6.07, 6.45) is -6.98. The van der Waals surface area contributed by atoms with Crippen molar-refractivity contribution in [2.75, 3.05) is 10.8 Å². The van der Waals surface area contributed by atoms with Gasteiger partial charge in [0, 0.05) is 12.0 Å². The summed E-state index contributed by atoms with van der Waals surface area (Å²) in [5.74, 6) is -1.58. The zero-order valence-corrected chi connectivity index (χ0v) is 18.4.